The molecular weight excluding hydrogens is 262 g/mol. The number of carbonyl (C=O) groups is 1. The largest absolute Gasteiger partial charge is 0.478 e. The smallest absolute Gasteiger partial charge is 0.328 e. The van der Waals surface area contributed by atoms with E-state index in [9.17, 15) is 4.79 Å². The van der Waals surface area contributed by atoms with Gasteiger partial charge in [0, 0.05) is 23.2 Å². The fraction of sp³-hybridized carbons (Fsp3) is 0.278. The lowest BCUT2D eigenvalue weighted by molar-refractivity contribution is -0.131. The highest BCUT2D eigenvalue weighted by Crippen LogP contribution is 2.22. The second kappa shape index (κ2) is 6.44. The summed E-state index contributed by atoms with van der Waals surface area (Å²) in [5, 5.41) is 8.75. The number of rotatable bonds is 5. The normalized spacial score (nSPS) is 11.2. The van der Waals surface area contributed by atoms with Crippen molar-refractivity contribution < 1.29 is 9.90 Å². The van der Waals surface area contributed by atoms with E-state index < -0.39 is 5.97 Å². The van der Waals surface area contributed by atoms with E-state index in [4.69, 9.17) is 5.11 Å². The van der Waals surface area contributed by atoms with Crippen LogP contribution >= 0.6 is 0 Å². The van der Waals surface area contributed by atoms with E-state index in [1.54, 1.807) is 6.08 Å². The van der Waals surface area contributed by atoms with E-state index in [1.165, 1.54) is 11.6 Å². The van der Waals surface area contributed by atoms with Crippen LogP contribution in [0.3, 0.4) is 0 Å². The molecule has 0 fully saturated rings. The van der Waals surface area contributed by atoms with Crippen molar-refractivity contribution in [2.45, 2.75) is 33.6 Å². The molecule has 1 aromatic heterocycles. The van der Waals surface area contributed by atoms with E-state index in [-0.39, 0.29) is 0 Å². The number of carboxylic acid groups (broad SMARTS) is 1. The summed E-state index contributed by atoms with van der Waals surface area (Å²) in [6.45, 7) is 6.22. The Balaban J connectivity index is 2.37. The minimum absolute atomic E-state index is 0.927. The first-order valence-electron chi connectivity index (χ1n) is 7.22. The summed E-state index contributed by atoms with van der Waals surface area (Å²) >= 11 is 0. The van der Waals surface area contributed by atoms with E-state index >= 15 is 0 Å². The van der Waals surface area contributed by atoms with Gasteiger partial charge in [-0.3, -0.25) is 0 Å². The van der Waals surface area contributed by atoms with Crippen LogP contribution in [0.1, 0.15) is 35.9 Å². The van der Waals surface area contributed by atoms with Crippen molar-refractivity contribution in [1.82, 2.24) is 4.57 Å². The molecule has 0 unspecified atom stereocenters. The third kappa shape index (κ3) is 3.43. The van der Waals surface area contributed by atoms with Crippen LogP contribution in [-0.2, 0) is 11.2 Å². The van der Waals surface area contributed by atoms with Gasteiger partial charge in [-0.2, -0.15) is 0 Å². The number of carboxylic acids is 1. The first kappa shape index (κ1) is 15.1. The summed E-state index contributed by atoms with van der Waals surface area (Å²) < 4.78 is 2.15. The number of aryl methyl sites for hydroxylation is 2. The first-order chi connectivity index (χ1) is 10.0. The van der Waals surface area contributed by atoms with Gasteiger partial charge in [-0.15, -0.1) is 0 Å². The number of aromatic nitrogens is 1. The fourth-order valence-corrected chi connectivity index (χ4v) is 2.62. The van der Waals surface area contributed by atoms with Crippen LogP contribution in [0.15, 0.2) is 36.4 Å². The van der Waals surface area contributed by atoms with Gasteiger partial charge in [-0.1, -0.05) is 25.5 Å². The number of hydrogen-bond acceptors (Lipinski definition) is 1. The summed E-state index contributed by atoms with van der Waals surface area (Å²) in [5.41, 5.74) is 5.54. The average Bonchev–Trinajstić information content (AvgIpc) is 2.73. The molecule has 0 aliphatic rings. The molecule has 110 valence electrons. The van der Waals surface area contributed by atoms with Gasteiger partial charge >= 0.3 is 5.97 Å². The predicted octanol–water partition coefficient (Wildman–Crippen LogP) is 4.14. The molecule has 1 heterocycles. The van der Waals surface area contributed by atoms with Crippen LogP contribution in [0.2, 0.25) is 0 Å². The SMILES string of the molecule is CCCc1ccc(-n2c(C)cc(C=CC(=O)O)c2C)cc1. The van der Waals surface area contributed by atoms with Crippen molar-refractivity contribution in [1.29, 1.82) is 0 Å². The Labute approximate surface area is 125 Å². The molecule has 3 heteroatoms. The topological polar surface area (TPSA) is 42.2 Å². The van der Waals surface area contributed by atoms with Gasteiger partial charge in [-0.05, 0) is 55.7 Å². The Bertz CT molecular complexity index is 663. The number of benzene rings is 1. The van der Waals surface area contributed by atoms with E-state index in [1.807, 2.05) is 19.9 Å². The molecule has 2 rings (SSSR count). The number of nitrogens with zero attached hydrogens (tertiary/aromatic N) is 1. The number of aliphatic carboxylic acids is 1. The third-order valence-corrected chi connectivity index (χ3v) is 3.61. The van der Waals surface area contributed by atoms with Gasteiger partial charge in [-0.25, -0.2) is 4.79 Å². The van der Waals surface area contributed by atoms with Gasteiger partial charge < -0.3 is 9.67 Å². The highest BCUT2D eigenvalue weighted by Gasteiger charge is 2.09. The monoisotopic (exact) mass is 283 g/mol. The minimum atomic E-state index is -0.927. The maximum absolute atomic E-state index is 10.7. The minimum Gasteiger partial charge on any atom is -0.478 e. The summed E-state index contributed by atoms with van der Waals surface area (Å²) in [7, 11) is 0. The molecule has 0 aliphatic heterocycles. The highest BCUT2D eigenvalue weighted by molar-refractivity contribution is 5.85. The first-order valence-corrected chi connectivity index (χ1v) is 7.22. The van der Waals surface area contributed by atoms with Gasteiger partial charge in [0.05, 0.1) is 0 Å². The molecule has 0 saturated heterocycles. The molecule has 3 nitrogen and oxygen atoms in total. The fourth-order valence-electron chi connectivity index (χ4n) is 2.62. The maximum Gasteiger partial charge on any atom is 0.328 e. The standard InChI is InChI=1S/C18H21NO2/c1-4-5-15-6-9-17(10-7-15)19-13(2)12-16(14(19)3)8-11-18(20)21/h6-12H,4-5H2,1-3H3,(H,20,21). The molecule has 1 aromatic carbocycles. The van der Waals surface area contributed by atoms with E-state index in [2.05, 4.69) is 35.8 Å². The lowest BCUT2D eigenvalue weighted by Gasteiger charge is -2.10. The van der Waals surface area contributed by atoms with Crippen molar-refractivity contribution in [3.8, 4) is 5.69 Å². The molecule has 21 heavy (non-hydrogen) atoms. The van der Waals surface area contributed by atoms with Crippen LogP contribution in [0.5, 0.6) is 0 Å². The Hall–Kier alpha value is -2.29. The lowest BCUT2D eigenvalue weighted by Crippen LogP contribution is -1.99. The Kier molecular flexibility index (Phi) is 4.63. The molecular formula is C18H21NO2. The molecule has 0 spiro atoms. The molecule has 0 aliphatic carbocycles. The molecule has 0 atom stereocenters. The third-order valence-electron chi connectivity index (χ3n) is 3.61. The summed E-state index contributed by atoms with van der Waals surface area (Å²) in [5.74, 6) is -0.927. The van der Waals surface area contributed by atoms with Crippen molar-refractivity contribution in [3.05, 3.63) is 58.9 Å². The second-order valence-corrected chi connectivity index (χ2v) is 5.25. The van der Waals surface area contributed by atoms with Crippen LogP contribution in [0.4, 0.5) is 0 Å². The van der Waals surface area contributed by atoms with Crippen molar-refractivity contribution >= 4 is 12.0 Å². The molecule has 0 amide bonds. The van der Waals surface area contributed by atoms with Crippen molar-refractivity contribution in [2.24, 2.45) is 0 Å². The number of hydrogen-bond donors (Lipinski definition) is 1. The van der Waals surface area contributed by atoms with Crippen LogP contribution in [-0.4, -0.2) is 15.6 Å². The van der Waals surface area contributed by atoms with Crippen LogP contribution in [0, 0.1) is 13.8 Å². The zero-order chi connectivity index (χ0) is 15.4. The van der Waals surface area contributed by atoms with Crippen LogP contribution in [0.25, 0.3) is 11.8 Å². The maximum atomic E-state index is 10.7. The zero-order valence-electron chi connectivity index (χ0n) is 12.8. The Morgan fingerprint density at radius 1 is 1.24 bits per heavy atom. The van der Waals surface area contributed by atoms with Gasteiger partial charge in [0.1, 0.15) is 0 Å². The van der Waals surface area contributed by atoms with Crippen molar-refractivity contribution in [2.75, 3.05) is 0 Å². The molecule has 1 N–H and O–H groups in total. The molecule has 2 aromatic rings. The van der Waals surface area contributed by atoms with Gasteiger partial charge in [0.15, 0.2) is 0 Å². The van der Waals surface area contributed by atoms with E-state index in [0.29, 0.717) is 0 Å². The summed E-state index contributed by atoms with van der Waals surface area (Å²) in [4.78, 5) is 10.7. The van der Waals surface area contributed by atoms with Gasteiger partial charge in [0.25, 0.3) is 0 Å². The average molecular weight is 283 g/mol. The van der Waals surface area contributed by atoms with Crippen LogP contribution < -0.4 is 0 Å². The molecule has 0 bridgehead atoms. The van der Waals surface area contributed by atoms with Gasteiger partial charge in [0.2, 0.25) is 0 Å². The Morgan fingerprint density at radius 3 is 2.48 bits per heavy atom. The zero-order valence-corrected chi connectivity index (χ0v) is 12.8. The molecule has 0 saturated carbocycles. The second-order valence-electron chi connectivity index (χ2n) is 5.25. The summed E-state index contributed by atoms with van der Waals surface area (Å²) in [6, 6.07) is 10.6. The summed E-state index contributed by atoms with van der Waals surface area (Å²) in [6.07, 6.45) is 5.06. The predicted molar refractivity (Wildman–Crippen MR) is 85.9 cm³/mol. The van der Waals surface area contributed by atoms with E-state index in [0.717, 1.165) is 35.5 Å². The highest BCUT2D eigenvalue weighted by atomic mass is 16.4. The Morgan fingerprint density at radius 2 is 1.90 bits per heavy atom. The van der Waals surface area contributed by atoms with Crippen molar-refractivity contribution in [3.63, 3.8) is 0 Å². The quantitative estimate of drug-likeness (QED) is 0.838. The molecule has 0 radical (unpaired) electrons. The lowest BCUT2D eigenvalue weighted by atomic mass is 10.1.